The molecular weight excluding hydrogens is 358 g/mol. The summed E-state index contributed by atoms with van der Waals surface area (Å²) in [7, 11) is 0. The van der Waals surface area contributed by atoms with Gasteiger partial charge in [0.05, 0.1) is 24.9 Å². The van der Waals surface area contributed by atoms with Crippen LogP contribution in [0.2, 0.25) is 0 Å². The van der Waals surface area contributed by atoms with Gasteiger partial charge in [0.1, 0.15) is 11.6 Å². The monoisotopic (exact) mass is 384 g/mol. The lowest BCUT2D eigenvalue weighted by atomic mass is 10.0. The van der Waals surface area contributed by atoms with Crippen molar-refractivity contribution in [3.8, 4) is 0 Å². The van der Waals surface area contributed by atoms with Crippen LogP contribution in [0.15, 0.2) is 30.9 Å². The van der Waals surface area contributed by atoms with Gasteiger partial charge >= 0.3 is 6.09 Å². The normalized spacial score (nSPS) is 21.6. The molecule has 1 saturated carbocycles. The van der Waals surface area contributed by atoms with Crippen LogP contribution >= 0.6 is 0 Å². The molecule has 4 N–H and O–H groups in total. The van der Waals surface area contributed by atoms with Gasteiger partial charge in [0.2, 0.25) is 0 Å². The number of aliphatic hydroxyl groups excluding tert-OH is 1. The molecule has 1 amide bonds. The quantitative estimate of drug-likeness (QED) is 0.465. The summed E-state index contributed by atoms with van der Waals surface area (Å²) in [5.41, 5.74) is 0.268. The maximum absolute atomic E-state index is 13.4. The van der Waals surface area contributed by atoms with E-state index in [1.807, 2.05) is 0 Å². The molecule has 0 aromatic heterocycles. The zero-order valence-electron chi connectivity index (χ0n) is 15.0. The summed E-state index contributed by atoms with van der Waals surface area (Å²) in [6, 6.07) is 2.25. The number of amides is 1. The molecule has 1 aromatic carbocycles. The number of carboxylic acid groups (broad SMARTS) is 1. The van der Waals surface area contributed by atoms with Gasteiger partial charge in [-0.15, -0.1) is 6.58 Å². The van der Waals surface area contributed by atoms with Crippen LogP contribution in [0.5, 0.6) is 0 Å². The third-order valence-corrected chi connectivity index (χ3v) is 4.60. The molecule has 150 valence electrons. The van der Waals surface area contributed by atoms with Crippen molar-refractivity contribution in [2.75, 3.05) is 13.2 Å². The van der Waals surface area contributed by atoms with Crippen LogP contribution in [-0.2, 0) is 11.2 Å². The summed E-state index contributed by atoms with van der Waals surface area (Å²) >= 11 is 0. The van der Waals surface area contributed by atoms with Crippen molar-refractivity contribution in [2.45, 2.75) is 50.0 Å². The predicted octanol–water partition coefficient (Wildman–Crippen LogP) is 2.22. The fourth-order valence-corrected chi connectivity index (χ4v) is 3.34. The number of ether oxygens (including phenoxy) is 1. The lowest BCUT2D eigenvalue weighted by Crippen LogP contribution is -2.49. The molecule has 1 aromatic rings. The number of nitrogens with one attached hydrogen (secondary N) is 2. The van der Waals surface area contributed by atoms with Gasteiger partial charge in [-0.1, -0.05) is 6.08 Å². The second kappa shape index (κ2) is 10.3. The third-order valence-electron chi connectivity index (χ3n) is 4.60. The Morgan fingerprint density at radius 3 is 2.67 bits per heavy atom. The van der Waals surface area contributed by atoms with Crippen molar-refractivity contribution in [2.24, 2.45) is 0 Å². The first kappa shape index (κ1) is 21.3. The smallest absolute Gasteiger partial charge is 0.404 e. The van der Waals surface area contributed by atoms with E-state index < -0.39 is 29.9 Å². The highest BCUT2D eigenvalue weighted by Gasteiger charge is 2.27. The first-order chi connectivity index (χ1) is 12.9. The summed E-state index contributed by atoms with van der Waals surface area (Å²) in [5, 5.41) is 24.8. The average Bonchev–Trinajstić information content (AvgIpc) is 3.04. The minimum absolute atomic E-state index is 0.0282. The van der Waals surface area contributed by atoms with Crippen LogP contribution < -0.4 is 10.6 Å². The lowest BCUT2D eigenvalue weighted by Gasteiger charge is -2.25. The van der Waals surface area contributed by atoms with Crippen molar-refractivity contribution in [3.05, 3.63) is 48.1 Å². The molecule has 1 aliphatic carbocycles. The first-order valence-electron chi connectivity index (χ1n) is 8.95. The number of benzene rings is 1. The van der Waals surface area contributed by atoms with E-state index in [4.69, 9.17) is 9.84 Å². The Morgan fingerprint density at radius 1 is 1.33 bits per heavy atom. The minimum atomic E-state index is -1.31. The largest absolute Gasteiger partial charge is 0.465 e. The highest BCUT2D eigenvalue weighted by molar-refractivity contribution is 5.65. The van der Waals surface area contributed by atoms with Gasteiger partial charge in [0.25, 0.3) is 0 Å². The maximum Gasteiger partial charge on any atom is 0.404 e. The van der Waals surface area contributed by atoms with Crippen LogP contribution in [0.4, 0.5) is 13.6 Å². The fraction of sp³-hybridized carbons (Fsp3) is 0.526. The second-order valence-electron chi connectivity index (χ2n) is 6.77. The molecule has 4 atom stereocenters. The highest BCUT2D eigenvalue weighted by atomic mass is 19.1. The summed E-state index contributed by atoms with van der Waals surface area (Å²) in [6.07, 6.45) is 2.03. The molecule has 0 heterocycles. The summed E-state index contributed by atoms with van der Waals surface area (Å²) in [4.78, 5) is 11.0. The zero-order chi connectivity index (χ0) is 19.8. The van der Waals surface area contributed by atoms with Crippen molar-refractivity contribution in [3.63, 3.8) is 0 Å². The molecule has 1 aliphatic rings. The molecular formula is C19H26F2N2O4. The maximum atomic E-state index is 13.4. The van der Waals surface area contributed by atoms with Gasteiger partial charge in [0.15, 0.2) is 0 Å². The first-order valence-corrected chi connectivity index (χ1v) is 8.95. The van der Waals surface area contributed by atoms with E-state index in [1.54, 1.807) is 6.08 Å². The van der Waals surface area contributed by atoms with E-state index in [2.05, 4.69) is 17.2 Å². The molecule has 0 saturated heterocycles. The molecule has 0 spiro atoms. The summed E-state index contributed by atoms with van der Waals surface area (Å²) in [5.74, 6) is -1.49. The van der Waals surface area contributed by atoms with Crippen LogP contribution in [0.1, 0.15) is 24.8 Å². The van der Waals surface area contributed by atoms with Crippen molar-refractivity contribution >= 4 is 6.09 Å². The van der Waals surface area contributed by atoms with Crippen LogP contribution in [0.3, 0.4) is 0 Å². The van der Waals surface area contributed by atoms with Gasteiger partial charge in [-0.05, 0) is 43.4 Å². The van der Waals surface area contributed by atoms with Crippen LogP contribution in [0.25, 0.3) is 0 Å². The zero-order valence-corrected chi connectivity index (χ0v) is 15.0. The number of hydrogen-bond acceptors (Lipinski definition) is 4. The van der Waals surface area contributed by atoms with Crippen molar-refractivity contribution in [1.29, 1.82) is 0 Å². The van der Waals surface area contributed by atoms with E-state index in [0.29, 0.717) is 6.61 Å². The number of rotatable bonds is 10. The molecule has 0 radical (unpaired) electrons. The Hall–Kier alpha value is -2.03. The second-order valence-corrected chi connectivity index (χ2v) is 6.77. The van der Waals surface area contributed by atoms with Gasteiger partial charge in [-0.2, -0.15) is 0 Å². The Labute approximate surface area is 157 Å². The third kappa shape index (κ3) is 7.24. The fourth-order valence-electron chi connectivity index (χ4n) is 3.34. The molecule has 0 aliphatic heterocycles. The molecule has 0 unspecified atom stereocenters. The molecule has 27 heavy (non-hydrogen) atoms. The SMILES string of the molecule is C=CCO[C@H]1CC[C@@H](NC[C@@H](O)[C@H](Cc2cc(F)cc(F)c2)NC(=O)O)C1. The minimum Gasteiger partial charge on any atom is -0.465 e. The van der Waals surface area contributed by atoms with E-state index in [9.17, 15) is 18.7 Å². The highest BCUT2D eigenvalue weighted by Crippen LogP contribution is 2.22. The van der Waals surface area contributed by atoms with E-state index in [0.717, 1.165) is 37.5 Å². The van der Waals surface area contributed by atoms with Gasteiger partial charge in [0, 0.05) is 18.7 Å². The topological polar surface area (TPSA) is 90.8 Å². The number of hydrogen-bond donors (Lipinski definition) is 4. The average molecular weight is 384 g/mol. The molecule has 8 heteroatoms. The molecule has 6 nitrogen and oxygen atoms in total. The van der Waals surface area contributed by atoms with Gasteiger partial charge in [-0.25, -0.2) is 13.6 Å². The van der Waals surface area contributed by atoms with Crippen molar-refractivity contribution in [1.82, 2.24) is 10.6 Å². The predicted molar refractivity (Wildman–Crippen MR) is 96.6 cm³/mol. The molecule has 2 rings (SSSR count). The van der Waals surface area contributed by atoms with E-state index in [-0.39, 0.29) is 30.7 Å². The van der Waals surface area contributed by atoms with Gasteiger partial charge < -0.3 is 25.6 Å². The van der Waals surface area contributed by atoms with Crippen LogP contribution in [0, 0.1) is 11.6 Å². The number of halogens is 2. The van der Waals surface area contributed by atoms with Crippen molar-refractivity contribution < 1.29 is 28.5 Å². The lowest BCUT2D eigenvalue weighted by molar-refractivity contribution is 0.0767. The van der Waals surface area contributed by atoms with E-state index in [1.165, 1.54) is 0 Å². The summed E-state index contributed by atoms with van der Waals surface area (Å²) in [6.45, 7) is 4.26. The summed E-state index contributed by atoms with van der Waals surface area (Å²) < 4.78 is 32.3. The Kier molecular flexibility index (Phi) is 8.15. The molecule has 1 fully saturated rings. The van der Waals surface area contributed by atoms with E-state index >= 15 is 0 Å². The Morgan fingerprint density at radius 2 is 2.04 bits per heavy atom. The molecule has 0 bridgehead atoms. The van der Waals surface area contributed by atoms with Crippen LogP contribution in [-0.4, -0.2) is 53.7 Å². The Balaban J connectivity index is 1.89. The number of aliphatic hydroxyl groups is 1. The standard InChI is InChI=1S/C19H26F2N2O4/c1-2-5-27-16-4-3-15(10-16)22-11-18(24)17(23-19(25)26)8-12-6-13(20)9-14(21)7-12/h2,6-7,9,15-18,22-24H,1,3-5,8,10-11H2,(H,25,26)/t15-,16+,17+,18-/m1/s1. The number of carbonyl (C=O) groups is 1. The Bertz CT molecular complexity index is 624. The van der Waals surface area contributed by atoms with Gasteiger partial charge in [-0.3, -0.25) is 0 Å².